The van der Waals surface area contributed by atoms with Crippen molar-refractivity contribution in [1.29, 1.82) is 5.26 Å². The van der Waals surface area contributed by atoms with Crippen molar-refractivity contribution in [3.05, 3.63) is 35.9 Å². The lowest BCUT2D eigenvalue weighted by Crippen LogP contribution is -2.50. The number of rotatable bonds is 11. The van der Waals surface area contributed by atoms with E-state index in [2.05, 4.69) is 4.72 Å². The molecule has 9 heteroatoms. The van der Waals surface area contributed by atoms with E-state index in [9.17, 15) is 18.3 Å². The van der Waals surface area contributed by atoms with E-state index in [-0.39, 0.29) is 32.5 Å². The third-order valence-corrected chi connectivity index (χ3v) is 4.86. The van der Waals surface area contributed by atoms with Gasteiger partial charge in [-0.2, -0.15) is 22.7 Å². The fourth-order valence-electron chi connectivity index (χ4n) is 2.00. The predicted octanol–water partition coefficient (Wildman–Crippen LogP) is 0.379. The number of carboxylic acid groups (broad SMARTS) is 1. The van der Waals surface area contributed by atoms with Gasteiger partial charge in [0, 0.05) is 26.6 Å². The molecule has 0 aliphatic heterocycles. The van der Waals surface area contributed by atoms with Crippen LogP contribution < -0.4 is 4.72 Å². The first-order valence-corrected chi connectivity index (χ1v) is 8.74. The molecule has 0 spiro atoms. The molecule has 1 aromatic rings. The Morgan fingerprint density at radius 2 is 2.04 bits per heavy atom. The number of aliphatic carboxylic acids is 1. The molecule has 0 unspecified atom stereocenters. The van der Waals surface area contributed by atoms with Crippen molar-refractivity contribution in [2.45, 2.75) is 18.9 Å². The second kappa shape index (κ2) is 10.00. The monoisotopic (exact) mass is 355 g/mol. The van der Waals surface area contributed by atoms with Crippen LogP contribution in [0.15, 0.2) is 30.3 Å². The third kappa shape index (κ3) is 6.64. The number of ether oxygens (including phenoxy) is 1. The van der Waals surface area contributed by atoms with E-state index < -0.39 is 22.2 Å². The van der Waals surface area contributed by atoms with E-state index in [1.807, 2.05) is 6.07 Å². The summed E-state index contributed by atoms with van der Waals surface area (Å²) in [5.41, 5.74) is 0.702. The van der Waals surface area contributed by atoms with Gasteiger partial charge < -0.3 is 9.84 Å². The average molecular weight is 355 g/mol. The largest absolute Gasteiger partial charge is 0.480 e. The first kappa shape index (κ1) is 20.1. The number of carbonyl (C=O) groups is 1. The zero-order valence-corrected chi connectivity index (χ0v) is 14.2. The summed E-state index contributed by atoms with van der Waals surface area (Å²) in [6.07, 6.45) is 0.0207. The van der Waals surface area contributed by atoms with Gasteiger partial charge in [0.25, 0.3) is 10.2 Å². The van der Waals surface area contributed by atoms with E-state index in [1.165, 1.54) is 7.11 Å². The van der Waals surface area contributed by atoms with Gasteiger partial charge in [0.1, 0.15) is 6.04 Å². The van der Waals surface area contributed by atoms with E-state index in [4.69, 9.17) is 10.00 Å². The Bertz CT molecular complexity index is 657. The van der Waals surface area contributed by atoms with Crippen molar-refractivity contribution in [2.24, 2.45) is 0 Å². The number of hydrogen-bond acceptors (Lipinski definition) is 5. The second-order valence-electron chi connectivity index (χ2n) is 5.00. The lowest BCUT2D eigenvalue weighted by atomic mass is 10.1. The normalized spacial score (nSPS) is 12.7. The number of benzene rings is 1. The van der Waals surface area contributed by atoms with Gasteiger partial charge >= 0.3 is 5.97 Å². The molecule has 132 valence electrons. The molecule has 0 amide bonds. The lowest BCUT2D eigenvalue weighted by Gasteiger charge is -2.23. The molecule has 1 atom stereocenters. The van der Waals surface area contributed by atoms with Crippen LogP contribution in [0.4, 0.5) is 0 Å². The minimum absolute atomic E-state index is 0.00104. The molecule has 0 fully saturated rings. The van der Waals surface area contributed by atoms with Crippen LogP contribution in [-0.4, -0.2) is 56.6 Å². The predicted molar refractivity (Wildman–Crippen MR) is 87.3 cm³/mol. The highest BCUT2D eigenvalue weighted by Gasteiger charge is 2.28. The maximum atomic E-state index is 12.4. The lowest BCUT2D eigenvalue weighted by molar-refractivity contribution is -0.138. The molecule has 0 radical (unpaired) electrons. The fourth-order valence-corrected chi connectivity index (χ4v) is 3.34. The van der Waals surface area contributed by atoms with Crippen molar-refractivity contribution in [2.75, 3.05) is 26.8 Å². The summed E-state index contributed by atoms with van der Waals surface area (Å²) in [6, 6.07) is 9.31. The number of methoxy groups -OCH3 is 1. The Balaban J connectivity index is 2.88. The average Bonchev–Trinajstić information content (AvgIpc) is 2.54. The quantitative estimate of drug-likeness (QED) is 0.592. The molecule has 0 heterocycles. The van der Waals surface area contributed by atoms with Crippen molar-refractivity contribution in [1.82, 2.24) is 9.03 Å². The summed E-state index contributed by atoms with van der Waals surface area (Å²) >= 11 is 0. The standard InChI is InChI=1S/C15H21N3O5S/c1-23-11-10-18(9-5-8-16)24(21,22)17-14(15(19)20)12-13-6-3-2-4-7-13/h2-4,6-7,14,17H,5,9-12H2,1H3,(H,19,20)/t14-/m0/s1. The minimum atomic E-state index is -4.06. The molecule has 0 aromatic heterocycles. The van der Waals surface area contributed by atoms with E-state index >= 15 is 0 Å². The molecule has 0 aliphatic carbocycles. The Labute approximate surface area is 141 Å². The van der Waals surface area contributed by atoms with Gasteiger partial charge in [-0.1, -0.05) is 30.3 Å². The maximum absolute atomic E-state index is 12.4. The Morgan fingerprint density at radius 3 is 2.58 bits per heavy atom. The van der Waals surface area contributed by atoms with Crippen molar-refractivity contribution in [3.8, 4) is 6.07 Å². The van der Waals surface area contributed by atoms with Crippen LogP contribution in [0.1, 0.15) is 12.0 Å². The Hall–Kier alpha value is -1.99. The molecular weight excluding hydrogens is 334 g/mol. The van der Waals surface area contributed by atoms with Crippen LogP contribution in [0, 0.1) is 11.3 Å². The van der Waals surface area contributed by atoms with Crippen LogP contribution in [0.25, 0.3) is 0 Å². The van der Waals surface area contributed by atoms with Crippen molar-refractivity contribution < 1.29 is 23.1 Å². The SMILES string of the molecule is COCCN(CCC#N)S(=O)(=O)N[C@@H](Cc1ccccc1)C(=O)O. The number of nitriles is 1. The van der Waals surface area contributed by atoms with Gasteiger partial charge in [-0.05, 0) is 12.0 Å². The van der Waals surface area contributed by atoms with Crippen LogP contribution >= 0.6 is 0 Å². The summed E-state index contributed by atoms with van der Waals surface area (Å²) in [6.45, 7) is 0.140. The fraction of sp³-hybridized carbons (Fsp3) is 0.467. The summed E-state index contributed by atoms with van der Waals surface area (Å²) in [7, 11) is -2.63. The zero-order valence-electron chi connectivity index (χ0n) is 13.4. The molecule has 0 aliphatic rings. The first-order valence-electron chi connectivity index (χ1n) is 7.30. The summed E-state index contributed by atoms with van der Waals surface area (Å²) in [5, 5.41) is 18.0. The molecule has 1 aromatic carbocycles. The molecule has 0 saturated heterocycles. The van der Waals surface area contributed by atoms with E-state index in [0.29, 0.717) is 5.56 Å². The highest BCUT2D eigenvalue weighted by molar-refractivity contribution is 7.87. The van der Waals surface area contributed by atoms with Gasteiger partial charge in [-0.3, -0.25) is 4.79 Å². The molecule has 1 rings (SSSR count). The van der Waals surface area contributed by atoms with Gasteiger partial charge in [-0.15, -0.1) is 0 Å². The number of hydrogen-bond donors (Lipinski definition) is 2. The van der Waals surface area contributed by atoms with E-state index in [0.717, 1.165) is 4.31 Å². The van der Waals surface area contributed by atoms with Gasteiger partial charge in [-0.25, -0.2) is 0 Å². The molecule has 2 N–H and O–H groups in total. The molecule has 24 heavy (non-hydrogen) atoms. The molecular formula is C15H21N3O5S. The molecule has 8 nitrogen and oxygen atoms in total. The number of nitrogens with zero attached hydrogens (tertiary/aromatic N) is 2. The van der Waals surface area contributed by atoms with Gasteiger partial charge in [0.15, 0.2) is 0 Å². The smallest absolute Gasteiger partial charge is 0.322 e. The summed E-state index contributed by atoms with van der Waals surface area (Å²) in [4.78, 5) is 11.4. The number of carboxylic acids is 1. The zero-order chi connectivity index (χ0) is 18.0. The van der Waals surface area contributed by atoms with Crippen LogP contribution in [0.5, 0.6) is 0 Å². The second-order valence-corrected chi connectivity index (χ2v) is 6.71. The third-order valence-electron chi connectivity index (χ3n) is 3.23. The van der Waals surface area contributed by atoms with Gasteiger partial charge in [0.2, 0.25) is 0 Å². The van der Waals surface area contributed by atoms with E-state index in [1.54, 1.807) is 30.3 Å². The van der Waals surface area contributed by atoms with Crippen molar-refractivity contribution >= 4 is 16.2 Å². The Morgan fingerprint density at radius 1 is 1.38 bits per heavy atom. The minimum Gasteiger partial charge on any atom is -0.480 e. The summed E-state index contributed by atoms with van der Waals surface area (Å²) < 4.78 is 32.9. The van der Waals surface area contributed by atoms with Crippen LogP contribution in [-0.2, 0) is 26.2 Å². The van der Waals surface area contributed by atoms with Crippen LogP contribution in [0.2, 0.25) is 0 Å². The van der Waals surface area contributed by atoms with Gasteiger partial charge in [0.05, 0.1) is 12.7 Å². The summed E-state index contributed by atoms with van der Waals surface area (Å²) in [5.74, 6) is -1.27. The highest BCUT2D eigenvalue weighted by Crippen LogP contribution is 2.07. The van der Waals surface area contributed by atoms with Crippen molar-refractivity contribution in [3.63, 3.8) is 0 Å². The van der Waals surface area contributed by atoms with Crippen LogP contribution in [0.3, 0.4) is 0 Å². The topological polar surface area (TPSA) is 120 Å². The first-order chi connectivity index (χ1) is 11.4. The molecule has 0 bridgehead atoms. The maximum Gasteiger partial charge on any atom is 0.322 e. The molecule has 0 saturated carbocycles. The highest BCUT2D eigenvalue weighted by atomic mass is 32.2. The number of nitrogens with one attached hydrogen (secondary N) is 1. The Kier molecular flexibility index (Phi) is 8.35.